The predicted octanol–water partition coefficient (Wildman–Crippen LogP) is 2.76. The molecule has 0 aliphatic carbocycles. The van der Waals surface area contributed by atoms with E-state index in [0.29, 0.717) is 11.5 Å². The van der Waals surface area contributed by atoms with Gasteiger partial charge in [0.2, 0.25) is 0 Å². The van der Waals surface area contributed by atoms with Gasteiger partial charge in [0, 0.05) is 11.5 Å². The number of hydrogen-bond donors (Lipinski definition) is 0. The second-order valence-electron chi connectivity index (χ2n) is 1.97. The van der Waals surface area contributed by atoms with E-state index in [1.807, 2.05) is 0 Å². The molecule has 0 aromatic heterocycles. The van der Waals surface area contributed by atoms with E-state index in [9.17, 15) is 13.2 Å². The summed E-state index contributed by atoms with van der Waals surface area (Å²) in [6, 6.07) is 1.20. The molecule has 1 saturated heterocycles. The largest absolute Gasteiger partial charge is 0.427 e. The Morgan fingerprint density at radius 3 is 2.17 bits per heavy atom. The lowest BCUT2D eigenvalue weighted by molar-refractivity contribution is -0.0873. The van der Waals surface area contributed by atoms with Crippen LogP contribution in [0.25, 0.3) is 0 Å². The molecule has 66 valence electrons. The van der Waals surface area contributed by atoms with E-state index in [4.69, 9.17) is 5.26 Å². The first-order valence-electron chi connectivity index (χ1n) is 3.03. The summed E-state index contributed by atoms with van der Waals surface area (Å²) in [4.78, 5) is 0. The Bertz CT molecular complexity index is 242. The van der Waals surface area contributed by atoms with E-state index in [-0.39, 0.29) is 4.24 Å². The van der Waals surface area contributed by atoms with Crippen LogP contribution in [0.2, 0.25) is 0 Å². The normalized spacial score (nSPS) is 17.7. The molecule has 0 spiro atoms. The van der Waals surface area contributed by atoms with Gasteiger partial charge in [-0.05, 0) is 0 Å². The zero-order valence-corrected chi connectivity index (χ0v) is 7.44. The minimum absolute atomic E-state index is 0.116. The summed E-state index contributed by atoms with van der Waals surface area (Å²) >= 11 is 2.20. The molecule has 0 N–H and O–H groups in total. The third-order valence-electron chi connectivity index (χ3n) is 1.15. The van der Waals surface area contributed by atoms with Crippen LogP contribution >= 0.6 is 23.5 Å². The lowest BCUT2D eigenvalue weighted by Gasteiger charge is -2.05. The molecular formula is C6H4F3NS2. The molecule has 1 fully saturated rings. The molecule has 0 aromatic rings. The molecule has 1 aliphatic heterocycles. The highest BCUT2D eigenvalue weighted by Gasteiger charge is 2.37. The fourth-order valence-electron chi connectivity index (χ4n) is 0.679. The molecule has 1 aliphatic rings. The highest BCUT2D eigenvalue weighted by Crippen LogP contribution is 2.43. The number of thioether (sulfide) groups is 2. The van der Waals surface area contributed by atoms with E-state index in [1.54, 1.807) is 0 Å². The topological polar surface area (TPSA) is 23.8 Å². The highest BCUT2D eigenvalue weighted by molar-refractivity contribution is 8.25. The molecule has 1 nitrogen and oxygen atoms in total. The number of allylic oxidation sites excluding steroid dienone is 1. The number of halogens is 3. The van der Waals surface area contributed by atoms with Crippen molar-refractivity contribution in [3.8, 4) is 6.07 Å². The minimum Gasteiger partial charge on any atom is -0.192 e. The van der Waals surface area contributed by atoms with Gasteiger partial charge in [0.1, 0.15) is 6.07 Å². The van der Waals surface area contributed by atoms with E-state index in [0.717, 1.165) is 23.5 Å². The van der Waals surface area contributed by atoms with Crippen LogP contribution in [0, 0.1) is 11.3 Å². The van der Waals surface area contributed by atoms with Crippen molar-refractivity contribution in [1.29, 1.82) is 5.26 Å². The van der Waals surface area contributed by atoms with Crippen molar-refractivity contribution < 1.29 is 13.2 Å². The number of nitrogens with zero attached hydrogens (tertiary/aromatic N) is 1. The van der Waals surface area contributed by atoms with Crippen molar-refractivity contribution in [3.63, 3.8) is 0 Å². The molecule has 12 heavy (non-hydrogen) atoms. The first-order valence-corrected chi connectivity index (χ1v) is 5.00. The van der Waals surface area contributed by atoms with Gasteiger partial charge in [0.05, 0.1) is 4.24 Å². The summed E-state index contributed by atoms with van der Waals surface area (Å²) in [5, 5.41) is 8.27. The van der Waals surface area contributed by atoms with E-state index >= 15 is 0 Å². The lowest BCUT2D eigenvalue weighted by atomic mass is 10.3. The van der Waals surface area contributed by atoms with Crippen LogP contribution in [-0.4, -0.2) is 17.7 Å². The van der Waals surface area contributed by atoms with Crippen molar-refractivity contribution in [2.75, 3.05) is 11.5 Å². The smallest absolute Gasteiger partial charge is 0.192 e. The monoisotopic (exact) mass is 211 g/mol. The molecule has 1 heterocycles. The maximum absolute atomic E-state index is 12.1. The first kappa shape index (κ1) is 9.81. The average Bonchev–Trinajstić information content (AvgIpc) is 2.38. The van der Waals surface area contributed by atoms with Crippen LogP contribution < -0.4 is 0 Å². The van der Waals surface area contributed by atoms with E-state index in [2.05, 4.69) is 0 Å². The molecule has 0 bridgehead atoms. The van der Waals surface area contributed by atoms with Crippen LogP contribution in [0.15, 0.2) is 9.81 Å². The van der Waals surface area contributed by atoms with Crippen molar-refractivity contribution in [3.05, 3.63) is 9.81 Å². The third kappa shape index (κ3) is 2.11. The first-order chi connectivity index (χ1) is 5.55. The van der Waals surface area contributed by atoms with Crippen LogP contribution in [0.3, 0.4) is 0 Å². The standard InChI is InChI=1S/C6H4F3NS2/c7-6(8,9)4(3-10)5-11-1-2-12-5/h1-2H2. The number of rotatable bonds is 0. The van der Waals surface area contributed by atoms with E-state index in [1.165, 1.54) is 6.07 Å². The van der Waals surface area contributed by atoms with Gasteiger partial charge in [-0.25, -0.2) is 0 Å². The van der Waals surface area contributed by atoms with E-state index < -0.39 is 11.7 Å². The zero-order valence-electron chi connectivity index (χ0n) is 5.81. The minimum atomic E-state index is -4.49. The van der Waals surface area contributed by atoms with Gasteiger partial charge in [0.25, 0.3) is 0 Å². The van der Waals surface area contributed by atoms with Crippen molar-refractivity contribution in [1.82, 2.24) is 0 Å². The van der Waals surface area contributed by atoms with Crippen molar-refractivity contribution in [2.45, 2.75) is 6.18 Å². The fourth-order valence-corrected chi connectivity index (χ4v) is 3.16. The summed E-state index contributed by atoms with van der Waals surface area (Å²) in [6.07, 6.45) is -4.49. The van der Waals surface area contributed by atoms with Crippen molar-refractivity contribution >= 4 is 23.5 Å². The highest BCUT2D eigenvalue weighted by atomic mass is 32.2. The SMILES string of the molecule is N#CC(=C1SCCS1)C(F)(F)F. The molecule has 1 rings (SSSR count). The quantitative estimate of drug-likeness (QED) is 0.576. The molecule has 0 atom stereocenters. The maximum Gasteiger partial charge on any atom is 0.427 e. The van der Waals surface area contributed by atoms with Gasteiger partial charge in [0.15, 0.2) is 5.57 Å². The predicted molar refractivity (Wildman–Crippen MR) is 43.6 cm³/mol. The molecule has 0 saturated carbocycles. The molecular weight excluding hydrogens is 207 g/mol. The molecule has 0 radical (unpaired) electrons. The number of hydrogen-bond acceptors (Lipinski definition) is 3. The summed E-state index contributed by atoms with van der Waals surface area (Å²) < 4.78 is 36.3. The number of nitriles is 1. The van der Waals surface area contributed by atoms with Gasteiger partial charge in [-0.1, -0.05) is 0 Å². The third-order valence-corrected chi connectivity index (χ3v) is 3.86. The summed E-state index contributed by atoms with van der Waals surface area (Å²) in [6.45, 7) is 0. The number of alkyl halides is 3. The van der Waals surface area contributed by atoms with Gasteiger partial charge in [-0.2, -0.15) is 18.4 Å². The molecule has 0 unspecified atom stereocenters. The van der Waals surface area contributed by atoms with Gasteiger partial charge < -0.3 is 0 Å². The Morgan fingerprint density at radius 1 is 1.33 bits per heavy atom. The maximum atomic E-state index is 12.1. The fraction of sp³-hybridized carbons (Fsp3) is 0.500. The summed E-state index contributed by atoms with van der Waals surface area (Å²) in [7, 11) is 0. The zero-order chi connectivity index (χ0) is 9.19. The Hall–Kier alpha value is -0.280. The average molecular weight is 211 g/mol. The van der Waals surface area contributed by atoms with Crippen molar-refractivity contribution in [2.24, 2.45) is 0 Å². The van der Waals surface area contributed by atoms with Crippen LogP contribution in [0.5, 0.6) is 0 Å². The Balaban J connectivity index is 2.95. The van der Waals surface area contributed by atoms with Crippen LogP contribution in [0.1, 0.15) is 0 Å². The Labute approximate surface area is 76.0 Å². The van der Waals surface area contributed by atoms with Gasteiger partial charge in [-0.3, -0.25) is 0 Å². The molecule has 6 heteroatoms. The molecule has 0 aromatic carbocycles. The van der Waals surface area contributed by atoms with Gasteiger partial charge >= 0.3 is 6.18 Å². The summed E-state index contributed by atoms with van der Waals surface area (Å²) in [5.74, 6) is 1.31. The summed E-state index contributed by atoms with van der Waals surface area (Å²) in [5.41, 5.74) is -1.05. The Morgan fingerprint density at radius 2 is 1.83 bits per heavy atom. The second kappa shape index (κ2) is 3.62. The van der Waals surface area contributed by atoms with Crippen LogP contribution in [-0.2, 0) is 0 Å². The Kier molecular flexibility index (Phi) is 2.96. The lowest BCUT2D eigenvalue weighted by Crippen LogP contribution is -2.11. The van der Waals surface area contributed by atoms with Crippen LogP contribution in [0.4, 0.5) is 13.2 Å². The van der Waals surface area contributed by atoms with Gasteiger partial charge in [-0.15, -0.1) is 23.5 Å². The molecule has 0 amide bonds. The second-order valence-corrected chi connectivity index (χ2v) is 4.44.